The second-order valence-corrected chi connectivity index (χ2v) is 6.72. The summed E-state index contributed by atoms with van der Waals surface area (Å²) >= 11 is 1.68. The van der Waals surface area contributed by atoms with Crippen molar-refractivity contribution in [1.82, 2.24) is 4.90 Å². The molecule has 0 radical (unpaired) electrons. The van der Waals surface area contributed by atoms with E-state index in [0.29, 0.717) is 6.04 Å². The minimum absolute atomic E-state index is 0.253. The Bertz CT molecular complexity index is 359. The highest BCUT2D eigenvalue weighted by atomic mass is 32.1. The van der Waals surface area contributed by atoms with Crippen molar-refractivity contribution in [2.24, 2.45) is 0 Å². The fourth-order valence-corrected chi connectivity index (χ4v) is 4.41. The first-order chi connectivity index (χ1) is 8.84. The van der Waals surface area contributed by atoms with Crippen LogP contribution in [0, 0.1) is 0 Å². The van der Waals surface area contributed by atoms with Crippen LogP contribution in [0.3, 0.4) is 0 Å². The first-order valence-electron chi connectivity index (χ1n) is 7.32. The van der Waals surface area contributed by atoms with Gasteiger partial charge in [-0.25, -0.2) is 0 Å². The van der Waals surface area contributed by atoms with Crippen LogP contribution in [0.15, 0.2) is 17.5 Å². The first-order valence-corrected chi connectivity index (χ1v) is 8.20. The maximum Gasteiger partial charge on any atom is 0.0896 e. The van der Waals surface area contributed by atoms with Gasteiger partial charge in [-0.05, 0) is 50.1 Å². The van der Waals surface area contributed by atoms with Crippen molar-refractivity contribution >= 4 is 11.3 Å². The van der Waals surface area contributed by atoms with Crippen LogP contribution in [0.1, 0.15) is 55.9 Å². The molecule has 2 aliphatic rings. The Morgan fingerprint density at radius 2 is 2.11 bits per heavy atom. The molecule has 1 aliphatic carbocycles. The topological polar surface area (TPSA) is 23.5 Å². The maximum atomic E-state index is 10.3. The highest BCUT2D eigenvalue weighted by Crippen LogP contribution is 2.34. The number of hydrogen-bond acceptors (Lipinski definition) is 3. The van der Waals surface area contributed by atoms with E-state index in [-0.39, 0.29) is 6.10 Å². The zero-order chi connectivity index (χ0) is 12.4. The molecule has 0 spiro atoms. The number of thiophene rings is 1. The zero-order valence-corrected chi connectivity index (χ0v) is 11.7. The number of hydrogen-bond donors (Lipinski definition) is 1. The molecule has 1 N–H and O–H groups in total. The van der Waals surface area contributed by atoms with Crippen LogP contribution in [-0.2, 0) is 0 Å². The van der Waals surface area contributed by atoms with Gasteiger partial charge < -0.3 is 5.11 Å². The van der Waals surface area contributed by atoms with Crippen LogP contribution in [0.2, 0.25) is 0 Å². The van der Waals surface area contributed by atoms with E-state index < -0.39 is 0 Å². The summed E-state index contributed by atoms with van der Waals surface area (Å²) in [5.74, 6) is 0. The molecule has 3 rings (SSSR count). The Kier molecular flexibility index (Phi) is 4.02. The second-order valence-electron chi connectivity index (χ2n) is 5.74. The number of rotatable bonds is 4. The molecular formula is C15H23NOS. The van der Waals surface area contributed by atoms with Gasteiger partial charge in [0.05, 0.1) is 6.10 Å². The molecule has 1 saturated heterocycles. The van der Waals surface area contributed by atoms with Gasteiger partial charge >= 0.3 is 0 Å². The highest BCUT2D eigenvalue weighted by molar-refractivity contribution is 7.10. The molecule has 1 aromatic rings. The zero-order valence-electron chi connectivity index (χ0n) is 10.9. The fourth-order valence-electron chi connectivity index (χ4n) is 3.68. The smallest absolute Gasteiger partial charge is 0.0896 e. The molecule has 100 valence electrons. The lowest BCUT2D eigenvalue weighted by atomic mass is 10.0. The number of nitrogens with zero attached hydrogens (tertiary/aromatic N) is 1. The van der Waals surface area contributed by atoms with E-state index >= 15 is 0 Å². The summed E-state index contributed by atoms with van der Waals surface area (Å²) in [7, 11) is 0. The van der Waals surface area contributed by atoms with Gasteiger partial charge in [0.25, 0.3) is 0 Å². The van der Waals surface area contributed by atoms with Crippen molar-refractivity contribution in [2.45, 2.75) is 63.1 Å². The predicted molar refractivity (Wildman–Crippen MR) is 75.9 cm³/mol. The van der Waals surface area contributed by atoms with E-state index in [0.717, 1.165) is 17.3 Å². The van der Waals surface area contributed by atoms with Crippen molar-refractivity contribution in [3.05, 3.63) is 22.4 Å². The van der Waals surface area contributed by atoms with E-state index in [9.17, 15) is 5.11 Å². The third-order valence-corrected chi connectivity index (χ3v) is 5.56. The Labute approximate surface area is 114 Å². The van der Waals surface area contributed by atoms with Gasteiger partial charge in [0.1, 0.15) is 0 Å². The standard InChI is InChI=1S/C15H23NOS/c17-14(15-8-4-10-18-15)11-13-7-3-9-16(13)12-5-1-2-6-12/h4,8,10,12-14,17H,1-3,5-7,9,11H2. The van der Waals surface area contributed by atoms with E-state index in [2.05, 4.69) is 16.3 Å². The van der Waals surface area contributed by atoms with Crippen LogP contribution >= 0.6 is 11.3 Å². The van der Waals surface area contributed by atoms with E-state index in [1.807, 2.05) is 6.07 Å². The van der Waals surface area contributed by atoms with Gasteiger partial charge in [-0.15, -0.1) is 11.3 Å². The molecule has 1 aromatic heterocycles. The monoisotopic (exact) mass is 265 g/mol. The highest BCUT2D eigenvalue weighted by Gasteiger charge is 2.33. The Morgan fingerprint density at radius 1 is 1.28 bits per heavy atom. The van der Waals surface area contributed by atoms with Gasteiger partial charge in [-0.1, -0.05) is 18.9 Å². The molecule has 1 aliphatic heterocycles. The summed E-state index contributed by atoms with van der Waals surface area (Å²) in [4.78, 5) is 3.83. The van der Waals surface area contributed by atoms with Gasteiger partial charge in [0.2, 0.25) is 0 Å². The Hall–Kier alpha value is -0.380. The van der Waals surface area contributed by atoms with Crippen LogP contribution in [0.25, 0.3) is 0 Å². The Morgan fingerprint density at radius 3 is 2.83 bits per heavy atom. The van der Waals surface area contributed by atoms with Crippen molar-refractivity contribution in [1.29, 1.82) is 0 Å². The summed E-state index contributed by atoms with van der Waals surface area (Å²) < 4.78 is 0. The molecule has 2 heterocycles. The second kappa shape index (κ2) is 5.72. The van der Waals surface area contributed by atoms with E-state index in [1.165, 1.54) is 45.1 Å². The molecule has 0 amide bonds. The summed E-state index contributed by atoms with van der Waals surface area (Å²) in [5.41, 5.74) is 0. The minimum Gasteiger partial charge on any atom is -0.388 e. The predicted octanol–water partition coefficient (Wildman–Crippen LogP) is 3.58. The molecule has 0 bridgehead atoms. The molecule has 2 fully saturated rings. The summed E-state index contributed by atoms with van der Waals surface area (Å²) in [6.07, 6.45) is 8.84. The molecule has 1 saturated carbocycles. The fraction of sp³-hybridized carbons (Fsp3) is 0.733. The molecule has 18 heavy (non-hydrogen) atoms. The lowest BCUT2D eigenvalue weighted by Crippen LogP contribution is -2.38. The van der Waals surface area contributed by atoms with Crippen molar-refractivity contribution < 1.29 is 5.11 Å². The SMILES string of the molecule is OC(CC1CCCN1C1CCCC1)c1cccs1. The third kappa shape index (κ3) is 2.63. The minimum atomic E-state index is -0.253. The van der Waals surface area contributed by atoms with Crippen LogP contribution < -0.4 is 0 Å². The van der Waals surface area contributed by atoms with Crippen LogP contribution in [0.4, 0.5) is 0 Å². The number of aliphatic hydroxyl groups excluding tert-OH is 1. The van der Waals surface area contributed by atoms with Crippen LogP contribution in [-0.4, -0.2) is 28.6 Å². The molecular weight excluding hydrogens is 242 g/mol. The normalized spacial score (nSPS) is 27.9. The largest absolute Gasteiger partial charge is 0.388 e. The molecule has 2 nitrogen and oxygen atoms in total. The number of likely N-dealkylation sites (tertiary alicyclic amines) is 1. The van der Waals surface area contributed by atoms with Crippen molar-refractivity contribution in [3.8, 4) is 0 Å². The van der Waals surface area contributed by atoms with Gasteiger partial charge in [0, 0.05) is 17.0 Å². The average Bonchev–Trinajstić information content (AvgIpc) is 3.11. The third-order valence-electron chi connectivity index (χ3n) is 4.58. The summed E-state index contributed by atoms with van der Waals surface area (Å²) in [5, 5.41) is 12.4. The quantitative estimate of drug-likeness (QED) is 0.899. The lowest BCUT2D eigenvalue weighted by molar-refractivity contribution is 0.102. The first kappa shape index (κ1) is 12.6. The summed E-state index contributed by atoms with van der Waals surface area (Å²) in [6, 6.07) is 5.52. The summed E-state index contributed by atoms with van der Waals surface area (Å²) in [6.45, 7) is 1.26. The molecule has 2 atom stereocenters. The maximum absolute atomic E-state index is 10.3. The van der Waals surface area contributed by atoms with E-state index in [4.69, 9.17) is 0 Å². The van der Waals surface area contributed by atoms with E-state index in [1.54, 1.807) is 11.3 Å². The molecule has 0 aromatic carbocycles. The lowest BCUT2D eigenvalue weighted by Gasteiger charge is -2.31. The average molecular weight is 265 g/mol. The van der Waals surface area contributed by atoms with Crippen LogP contribution in [0.5, 0.6) is 0 Å². The van der Waals surface area contributed by atoms with Gasteiger partial charge in [0.15, 0.2) is 0 Å². The van der Waals surface area contributed by atoms with Crippen molar-refractivity contribution in [2.75, 3.05) is 6.54 Å². The van der Waals surface area contributed by atoms with Gasteiger partial charge in [-0.3, -0.25) is 4.90 Å². The number of aliphatic hydroxyl groups is 1. The molecule has 2 unspecified atom stereocenters. The Balaban J connectivity index is 1.60. The van der Waals surface area contributed by atoms with Crippen molar-refractivity contribution in [3.63, 3.8) is 0 Å². The molecule has 3 heteroatoms. The van der Waals surface area contributed by atoms with Gasteiger partial charge in [-0.2, -0.15) is 0 Å².